The maximum Gasteiger partial charge on any atom is 0.226 e. The van der Waals surface area contributed by atoms with E-state index in [1.165, 1.54) is 5.56 Å². The zero-order valence-corrected chi connectivity index (χ0v) is 16.2. The molecule has 0 saturated carbocycles. The zero-order valence-electron chi connectivity index (χ0n) is 15.5. The highest BCUT2D eigenvalue weighted by Gasteiger charge is 2.17. The van der Waals surface area contributed by atoms with E-state index in [4.69, 9.17) is 20.8 Å². The molecule has 1 heterocycles. The molecule has 26 heavy (non-hydrogen) atoms. The zero-order chi connectivity index (χ0) is 18.7. The number of methoxy groups -OCH3 is 1. The summed E-state index contributed by atoms with van der Waals surface area (Å²) in [6, 6.07) is 15.9. The minimum absolute atomic E-state index is 0.222. The second-order valence-corrected chi connectivity index (χ2v) is 6.83. The number of hydrogen-bond donors (Lipinski definition) is 0. The molecule has 0 fully saturated rings. The van der Waals surface area contributed by atoms with Crippen molar-refractivity contribution in [2.75, 3.05) is 14.2 Å². The standard InChI is InChI=1S/C21H23ClN2O2/c1-14(17-6-5-7-19(12-17)25-4)24(3)13-20-15(2)26-21(23-20)16-8-10-18(22)11-9-16/h5-12,14H,13H2,1-4H3. The topological polar surface area (TPSA) is 38.5 Å². The van der Waals surface area contributed by atoms with E-state index < -0.39 is 0 Å². The highest BCUT2D eigenvalue weighted by atomic mass is 35.5. The quantitative estimate of drug-likeness (QED) is 0.573. The van der Waals surface area contributed by atoms with Crippen LogP contribution in [0.3, 0.4) is 0 Å². The molecule has 3 aromatic rings. The Bertz CT molecular complexity index is 874. The first-order valence-electron chi connectivity index (χ1n) is 8.54. The fraction of sp³-hybridized carbons (Fsp3) is 0.286. The maximum atomic E-state index is 5.95. The number of oxazole rings is 1. The van der Waals surface area contributed by atoms with Crippen LogP contribution in [-0.2, 0) is 6.54 Å². The highest BCUT2D eigenvalue weighted by molar-refractivity contribution is 6.30. The molecule has 0 saturated heterocycles. The van der Waals surface area contributed by atoms with E-state index in [0.717, 1.165) is 22.8 Å². The molecule has 4 nitrogen and oxygen atoms in total. The van der Waals surface area contributed by atoms with Gasteiger partial charge in [0, 0.05) is 23.2 Å². The van der Waals surface area contributed by atoms with Crippen LogP contribution in [0.25, 0.3) is 11.5 Å². The van der Waals surface area contributed by atoms with Gasteiger partial charge in [0.05, 0.1) is 12.8 Å². The summed E-state index contributed by atoms with van der Waals surface area (Å²) in [6.07, 6.45) is 0. The van der Waals surface area contributed by atoms with E-state index in [1.807, 2.05) is 43.3 Å². The van der Waals surface area contributed by atoms with Crippen LogP contribution >= 0.6 is 11.6 Å². The smallest absolute Gasteiger partial charge is 0.226 e. The lowest BCUT2D eigenvalue weighted by Gasteiger charge is -2.24. The maximum absolute atomic E-state index is 5.95. The number of aromatic nitrogens is 1. The molecule has 0 aliphatic carbocycles. The summed E-state index contributed by atoms with van der Waals surface area (Å²) in [5.74, 6) is 2.32. The molecule has 0 aliphatic heterocycles. The molecule has 2 aromatic carbocycles. The highest BCUT2D eigenvalue weighted by Crippen LogP contribution is 2.27. The van der Waals surface area contributed by atoms with Gasteiger partial charge in [-0.15, -0.1) is 0 Å². The molecular formula is C21H23ClN2O2. The fourth-order valence-electron chi connectivity index (χ4n) is 2.82. The van der Waals surface area contributed by atoms with E-state index in [9.17, 15) is 0 Å². The number of halogens is 1. The van der Waals surface area contributed by atoms with Crippen LogP contribution in [0.5, 0.6) is 5.75 Å². The first-order chi connectivity index (χ1) is 12.5. The van der Waals surface area contributed by atoms with Gasteiger partial charge in [0.15, 0.2) is 0 Å². The summed E-state index contributed by atoms with van der Waals surface area (Å²) in [5.41, 5.74) is 3.06. The van der Waals surface area contributed by atoms with Gasteiger partial charge in [-0.1, -0.05) is 23.7 Å². The Morgan fingerprint density at radius 1 is 1.19 bits per heavy atom. The molecule has 5 heteroatoms. The van der Waals surface area contributed by atoms with Gasteiger partial charge >= 0.3 is 0 Å². The van der Waals surface area contributed by atoms with Gasteiger partial charge in [0.2, 0.25) is 5.89 Å². The van der Waals surface area contributed by atoms with E-state index in [0.29, 0.717) is 17.5 Å². The number of benzene rings is 2. The molecule has 1 aromatic heterocycles. The second-order valence-electron chi connectivity index (χ2n) is 6.40. The molecule has 0 amide bonds. The number of ether oxygens (including phenoxy) is 1. The van der Waals surface area contributed by atoms with Gasteiger partial charge in [0.1, 0.15) is 11.5 Å². The summed E-state index contributed by atoms with van der Waals surface area (Å²) >= 11 is 5.95. The Labute approximate surface area is 159 Å². The predicted molar refractivity (Wildman–Crippen MR) is 105 cm³/mol. The first kappa shape index (κ1) is 18.5. The third-order valence-corrected chi connectivity index (χ3v) is 4.87. The molecule has 1 unspecified atom stereocenters. The van der Waals surface area contributed by atoms with Crippen molar-refractivity contribution in [1.82, 2.24) is 9.88 Å². The van der Waals surface area contributed by atoms with Crippen molar-refractivity contribution in [3.05, 3.63) is 70.6 Å². The summed E-state index contributed by atoms with van der Waals surface area (Å²) in [5, 5.41) is 0.698. The van der Waals surface area contributed by atoms with Crippen molar-refractivity contribution in [1.29, 1.82) is 0 Å². The lowest BCUT2D eigenvalue weighted by Crippen LogP contribution is -2.22. The largest absolute Gasteiger partial charge is 0.497 e. The van der Waals surface area contributed by atoms with E-state index >= 15 is 0 Å². The monoisotopic (exact) mass is 370 g/mol. The Morgan fingerprint density at radius 2 is 1.92 bits per heavy atom. The van der Waals surface area contributed by atoms with E-state index in [1.54, 1.807) is 7.11 Å². The van der Waals surface area contributed by atoms with Crippen molar-refractivity contribution in [2.24, 2.45) is 0 Å². The van der Waals surface area contributed by atoms with Crippen LogP contribution in [0, 0.1) is 6.92 Å². The fourth-order valence-corrected chi connectivity index (χ4v) is 2.95. The number of nitrogens with zero attached hydrogens (tertiary/aromatic N) is 2. The molecule has 0 aliphatic rings. The van der Waals surface area contributed by atoms with Crippen molar-refractivity contribution < 1.29 is 9.15 Å². The molecule has 0 radical (unpaired) electrons. The Morgan fingerprint density at radius 3 is 2.62 bits per heavy atom. The minimum Gasteiger partial charge on any atom is -0.497 e. The summed E-state index contributed by atoms with van der Waals surface area (Å²) < 4.78 is 11.2. The Kier molecular flexibility index (Phi) is 5.64. The average molecular weight is 371 g/mol. The van der Waals surface area contributed by atoms with Crippen LogP contribution < -0.4 is 4.74 Å². The van der Waals surface area contributed by atoms with Gasteiger partial charge in [0.25, 0.3) is 0 Å². The molecule has 0 bridgehead atoms. The minimum atomic E-state index is 0.222. The third-order valence-electron chi connectivity index (χ3n) is 4.62. The molecular weight excluding hydrogens is 348 g/mol. The number of hydrogen-bond acceptors (Lipinski definition) is 4. The van der Waals surface area contributed by atoms with Crippen LogP contribution in [-0.4, -0.2) is 24.0 Å². The average Bonchev–Trinajstić information content (AvgIpc) is 3.02. The van der Waals surface area contributed by atoms with Crippen LogP contribution in [0.2, 0.25) is 5.02 Å². The number of aryl methyl sites for hydroxylation is 1. The van der Waals surface area contributed by atoms with Crippen molar-refractivity contribution in [2.45, 2.75) is 26.4 Å². The molecule has 1 atom stereocenters. The summed E-state index contributed by atoms with van der Waals surface area (Å²) in [7, 11) is 3.77. The van der Waals surface area contributed by atoms with Crippen LogP contribution in [0.4, 0.5) is 0 Å². The first-order valence-corrected chi connectivity index (χ1v) is 8.92. The van der Waals surface area contributed by atoms with Crippen molar-refractivity contribution in [3.8, 4) is 17.2 Å². The Hall–Kier alpha value is -2.30. The molecule has 3 rings (SSSR count). The molecule has 136 valence electrons. The normalized spacial score (nSPS) is 12.4. The van der Waals surface area contributed by atoms with Gasteiger partial charge in [-0.2, -0.15) is 0 Å². The number of rotatable bonds is 6. The van der Waals surface area contributed by atoms with Crippen molar-refractivity contribution >= 4 is 11.6 Å². The van der Waals surface area contributed by atoms with E-state index in [2.05, 4.69) is 36.0 Å². The lowest BCUT2D eigenvalue weighted by atomic mass is 10.1. The SMILES string of the molecule is COc1cccc(C(C)N(C)Cc2nc(-c3ccc(Cl)cc3)oc2C)c1. The van der Waals surface area contributed by atoms with Gasteiger partial charge in [-0.25, -0.2) is 4.98 Å². The summed E-state index contributed by atoms with van der Waals surface area (Å²) in [6.45, 7) is 4.82. The Balaban J connectivity index is 1.76. The van der Waals surface area contributed by atoms with E-state index in [-0.39, 0.29) is 6.04 Å². The van der Waals surface area contributed by atoms with Gasteiger partial charge in [-0.3, -0.25) is 4.90 Å². The summed E-state index contributed by atoms with van der Waals surface area (Å²) in [4.78, 5) is 6.92. The van der Waals surface area contributed by atoms with Crippen LogP contribution in [0.15, 0.2) is 52.9 Å². The van der Waals surface area contributed by atoms with Gasteiger partial charge < -0.3 is 9.15 Å². The van der Waals surface area contributed by atoms with Crippen LogP contribution in [0.1, 0.15) is 30.0 Å². The third kappa shape index (κ3) is 4.09. The molecule has 0 N–H and O–H groups in total. The molecule has 0 spiro atoms. The lowest BCUT2D eigenvalue weighted by molar-refractivity contribution is 0.248. The second kappa shape index (κ2) is 7.94. The van der Waals surface area contributed by atoms with Crippen molar-refractivity contribution in [3.63, 3.8) is 0 Å². The van der Waals surface area contributed by atoms with Gasteiger partial charge in [-0.05, 0) is 62.9 Å². The predicted octanol–water partition coefficient (Wildman–Crippen LogP) is 5.51.